The monoisotopic (exact) mass is 204 g/mol. The molecule has 0 spiro atoms. The molecule has 0 bridgehead atoms. The summed E-state index contributed by atoms with van der Waals surface area (Å²) < 4.78 is 5.24. The third-order valence-corrected chi connectivity index (χ3v) is 2.32. The summed E-state index contributed by atoms with van der Waals surface area (Å²) in [7, 11) is 0. The number of pyridine rings is 1. The minimum atomic E-state index is 0.517. The van der Waals surface area contributed by atoms with Crippen LogP contribution in [0.1, 0.15) is 5.56 Å². The van der Waals surface area contributed by atoms with Gasteiger partial charge in [-0.15, -0.1) is 0 Å². The molecule has 1 aromatic rings. The molecular formula is C10H12N4O. The number of hydrogen-bond acceptors (Lipinski definition) is 5. The minimum absolute atomic E-state index is 0.517. The molecule has 1 aliphatic rings. The lowest BCUT2D eigenvalue weighted by atomic mass is 10.2. The molecule has 78 valence electrons. The molecule has 15 heavy (non-hydrogen) atoms. The van der Waals surface area contributed by atoms with Gasteiger partial charge in [0.25, 0.3) is 0 Å². The Morgan fingerprint density at radius 3 is 2.87 bits per heavy atom. The summed E-state index contributed by atoms with van der Waals surface area (Å²) in [5, 5.41) is 8.97. The first kappa shape index (κ1) is 9.74. The molecular weight excluding hydrogens is 192 g/mol. The van der Waals surface area contributed by atoms with Crippen LogP contribution in [0, 0.1) is 11.3 Å². The third kappa shape index (κ3) is 2.00. The highest BCUT2D eigenvalue weighted by molar-refractivity contribution is 5.58. The van der Waals surface area contributed by atoms with Gasteiger partial charge in [0.1, 0.15) is 11.9 Å². The highest BCUT2D eigenvalue weighted by atomic mass is 16.5. The van der Waals surface area contributed by atoms with Crippen molar-refractivity contribution in [1.82, 2.24) is 4.98 Å². The fraction of sp³-hybridized carbons (Fsp3) is 0.400. The van der Waals surface area contributed by atoms with Crippen LogP contribution in [0.2, 0.25) is 0 Å². The van der Waals surface area contributed by atoms with Gasteiger partial charge in [-0.2, -0.15) is 5.26 Å². The number of ether oxygens (including phenoxy) is 1. The standard InChI is InChI=1S/C10H12N4O/c11-6-8-5-9(12)7-13-10(8)14-1-3-15-4-2-14/h5,7H,1-4,12H2. The Hall–Kier alpha value is -1.80. The van der Waals surface area contributed by atoms with Crippen LogP contribution >= 0.6 is 0 Å². The van der Waals surface area contributed by atoms with Gasteiger partial charge in [-0.25, -0.2) is 4.98 Å². The van der Waals surface area contributed by atoms with Gasteiger partial charge in [-0.3, -0.25) is 0 Å². The van der Waals surface area contributed by atoms with Crippen LogP contribution in [-0.2, 0) is 4.74 Å². The molecule has 2 N–H and O–H groups in total. The number of rotatable bonds is 1. The van der Waals surface area contributed by atoms with Crippen molar-refractivity contribution < 1.29 is 4.74 Å². The summed E-state index contributed by atoms with van der Waals surface area (Å²) >= 11 is 0. The van der Waals surface area contributed by atoms with Crippen molar-refractivity contribution in [2.75, 3.05) is 36.9 Å². The van der Waals surface area contributed by atoms with E-state index in [2.05, 4.69) is 11.1 Å². The van der Waals surface area contributed by atoms with Gasteiger partial charge < -0.3 is 15.4 Å². The van der Waals surface area contributed by atoms with Crippen LogP contribution in [0.15, 0.2) is 12.3 Å². The van der Waals surface area contributed by atoms with Crippen molar-refractivity contribution >= 4 is 11.5 Å². The van der Waals surface area contributed by atoms with E-state index in [1.54, 1.807) is 12.3 Å². The average Bonchev–Trinajstić information content (AvgIpc) is 2.30. The second kappa shape index (κ2) is 4.15. The van der Waals surface area contributed by atoms with Crippen molar-refractivity contribution in [2.45, 2.75) is 0 Å². The fourth-order valence-electron chi connectivity index (χ4n) is 1.58. The lowest BCUT2D eigenvalue weighted by Crippen LogP contribution is -2.37. The number of hydrogen-bond donors (Lipinski definition) is 1. The molecule has 0 radical (unpaired) electrons. The largest absolute Gasteiger partial charge is 0.397 e. The first-order valence-corrected chi connectivity index (χ1v) is 4.79. The number of anilines is 2. The molecule has 5 heteroatoms. The van der Waals surface area contributed by atoms with E-state index < -0.39 is 0 Å². The van der Waals surface area contributed by atoms with Crippen LogP contribution < -0.4 is 10.6 Å². The Bertz CT molecular complexity index is 393. The van der Waals surface area contributed by atoms with E-state index in [9.17, 15) is 0 Å². The predicted octanol–water partition coefficient (Wildman–Crippen LogP) is 0.372. The third-order valence-electron chi connectivity index (χ3n) is 2.32. The molecule has 0 aromatic carbocycles. The number of aromatic nitrogens is 1. The van der Waals surface area contributed by atoms with Crippen molar-refractivity contribution in [3.8, 4) is 6.07 Å². The number of nitriles is 1. The Kier molecular flexibility index (Phi) is 2.70. The van der Waals surface area contributed by atoms with E-state index in [4.69, 9.17) is 15.7 Å². The first-order chi connectivity index (χ1) is 7.31. The molecule has 1 saturated heterocycles. The van der Waals surface area contributed by atoms with Crippen LogP contribution in [-0.4, -0.2) is 31.3 Å². The van der Waals surface area contributed by atoms with E-state index in [-0.39, 0.29) is 0 Å². The summed E-state index contributed by atoms with van der Waals surface area (Å²) in [4.78, 5) is 6.24. The summed E-state index contributed by atoms with van der Waals surface area (Å²) in [5.41, 5.74) is 6.62. The molecule has 0 amide bonds. The van der Waals surface area contributed by atoms with Gasteiger partial charge in [0.15, 0.2) is 0 Å². The van der Waals surface area contributed by atoms with E-state index in [0.29, 0.717) is 30.3 Å². The number of morpholine rings is 1. The Morgan fingerprint density at radius 1 is 1.47 bits per heavy atom. The van der Waals surface area contributed by atoms with Crippen LogP contribution in [0.5, 0.6) is 0 Å². The van der Waals surface area contributed by atoms with Gasteiger partial charge in [0.05, 0.1) is 30.7 Å². The summed E-state index contributed by atoms with van der Waals surface area (Å²) in [5.74, 6) is 0.704. The maximum absolute atomic E-state index is 8.97. The van der Waals surface area contributed by atoms with Gasteiger partial charge in [-0.05, 0) is 6.07 Å². The van der Waals surface area contributed by atoms with Gasteiger partial charge in [0.2, 0.25) is 0 Å². The molecule has 2 heterocycles. The summed E-state index contributed by atoms with van der Waals surface area (Å²) in [6, 6.07) is 3.76. The quantitative estimate of drug-likeness (QED) is 0.715. The normalized spacial score (nSPS) is 16.1. The first-order valence-electron chi connectivity index (χ1n) is 4.79. The minimum Gasteiger partial charge on any atom is -0.397 e. The number of nitrogens with two attached hydrogens (primary N) is 1. The molecule has 0 unspecified atom stereocenters. The summed E-state index contributed by atoms with van der Waals surface area (Å²) in [6.45, 7) is 2.89. The highest BCUT2D eigenvalue weighted by Gasteiger charge is 2.15. The van der Waals surface area contributed by atoms with Gasteiger partial charge >= 0.3 is 0 Å². The van der Waals surface area contributed by atoms with Crippen LogP contribution in [0.25, 0.3) is 0 Å². The molecule has 1 fully saturated rings. The zero-order chi connectivity index (χ0) is 10.7. The van der Waals surface area contributed by atoms with Crippen LogP contribution in [0.3, 0.4) is 0 Å². The zero-order valence-electron chi connectivity index (χ0n) is 8.31. The Balaban J connectivity index is 2.30. The van der Waals surface area contributed by atoms with Crippen molar-refractivity contribution in [3.05, 3.63) is 17.8 Å². The van der Waals surface area contributed by atoms with E-state index in [0.717, 1.165) is 13.1 Å². The van der Waals surface area contributed by atoms with Gasteiger partial charge in [-0.1, -0.05) is 0 Å². The topological polar surface area (TPSA) is 75.2 Å². The van der Waals surface area contributed by atoms with Crippen molar-refractivity contribution in [3.63, 3.8) is 0 Å². The molecule has 0 saturated carbocycles. The van der Waals surface area contributed by atoms with Gasteiger partial charge in [0, 0.05) is 13.1 Å². The lowest BCUT2D eigenvalue weighted by molar-refractivity contribution is 0.122. The zero-order valence-corrected chi connectivity index (χ0v) is 8.31. The maximum atomic E-state index is 8.97. The second-order valence-electron chi connectivity index (χ2n) is 3.35. The van der Waals surface area contributed by atoms with Crippen molar-refractivity contribution in [1.29, 1.82) is 5.26 Å². The molecule has 5 nitrogen and oxygen atoms in total. The molecule has 1 aromatic heterocycles. The molecule has 2 rings (SSSR count). The molecule has 1 aliphatic heterocycles. The maximum Gasteiger partial charge on any atom is 0.146 e. The molecule has 0 aliphatic carbocycles. The second-order valence-corrected chi connectivity index (χ2v) is 3.35. The predicted molar refractivity (Wildman–Crippen MR) is 56.4 cm³/mol. The fourth-order valence-corrected chi connectivity index (χ4v) is 1.58. The van der Waals surface area contributed by atoms with Crippen molar-refractivity contribution in [2.24, 2.45) is 0 Å². The van der Waals surface area contributed by atoms with Crippen LogP contribution in [0.4, 0.5) is 11.5 Å². The lowest BCUT2D eigenvalue weighted by Gasteiger charge is -2.28. The smallest absolute Gasteiger partial charge is 0.146 e. The van der Waals surface area contributed by atoms with E-state index in [1.165, 1.54) is 0 Å². The summed E-state index contributed by atoms with van der Waals surface area (Å²) in [6.07, 6.45) is 1.58. The van der Waals surface area contributed by atoms with E-state index in [1.807, 2.05) is 4.90 Å². The van der Waals surface area contributed by atoms with E-state index >= 15 is 0 Å². The molecule has 0 atom stereocenters. The SMILES string of the molecule is N#Cc1cc(N)cnc1N1CCOCC1. The highest BCUT2D eigenvalue weighted by Crippen LogP contribution is 2.19. The number of nitrogens with zero attached hydrogens (tertiary/aromatic N) is 3. The Morgan fingerprint density at radius 2 is 2.20 bits per heavy atom. The average molecular weight is 204 g/mol. The Labute approximate surface area is 88.1 Å². The number of nitrogen functional groups attached to an aromatic ring is 1.